The number of carbonyl (C=O) groups is 1. The standard InChI is InChI=1S/C22H23FN4O3/c1-3-29-18-8-13(7-16-11-26-22(25)27-21(16)24)9-19(30-4-2)20(18)14-5-6-15(12-28)17(23)10-14/h5-6,8-12H,3-4,7H2,1-2H3,(H4,24,25,26,27). The number of rotatable bonds is 8. The average Bonchev–Trinajstić information content (AvgIpc) is 2.70. The van der Waals surface area contributed by atoms with Crippen molar-refractivity contribution in [2.45, 2.75) is 20.3 Å². The van der Waals surface area contributed by atoms with E-state index in [0.717, 1.165) is 5.56 Å². The van der Waals surface area contributed by atoms with Gasteiger partial charge in [0.05, 0.1) is 24.3 Å². The second-order valence-electron chi connectivity index (χ2n) is 6.50. The molecule has 4 N–H and O–H groups in total. The molecule has 0 atom stereocenters. The summed E-state index contributed by atoms with van der Waals surface area (Å²) in [4.78, 5) is 19.0. The summed E-state index contributed by atoms with van der Waals surface area (Å²) in [5, 5.41) is 0. The Morgan fingerprint density at radius 2 is 1.73 bits per heavy atom. The van der Waals surface area contributed by atoms with E-state index in [9.17, 15) is 9.18 Å². The van der Waals surface area contributed by atoms with Crippen LogP contribution in [0, 0.1) is 5.82 Å². The molecule has 0 aliphatic rings. The fourth-order valence-electron chi connectivity index (χ4n) is 3.14. The minimum atomic E-state index is -0.608. The van der Waals surface area contributed by atoms with E-state index in [1.807, 2.05) is 26.0 Å². The van der Waals surface area contributed by atoms with Gasteiger partial charge >= 0.3 is 0 Å². The van der Waals surface area contributed by atoms with Crippen LogP contribution < -0.4 is 20.9 Å². The maximum Gasteiger partial charge on any atom is 0.221 e. The number of benzene rings is 2. The van der Waals surface area contributed by atoms with Gasteiger partial charge < -0.3 is 20.9 Å². The van der Waals surface area contributed by atoms with E-state index in [1.165, 1.54) is 12.1 Å². The number of aromatic nitrogens is 2. The Balaban J connectivity index is 2.12. The van der Waals surface area contributed by atoms with E-state index < -0.39 is 5.82 Å². The first-order valence-corrected chi connectivity index (χ1v) is 9.51. The van der Waals surface area contributed by atoms with Crippen LogP contribution in [0.25, 0.3) is 11.1 Å². The molecule has 7 nitrogen and oxygen atoms in total. The normalized spacial score (nSPS) is 10.6. The Hall–Kier alpha value is -3.68. The van der Waals surface area contributed by atoms with Crippen LogP contribution >= 0.6 is 0 Å². The van der Waals surface area contributed by atoms with E-state index in [4.69, 9.17) is 20.9 Å². The van der Waals surface area contributed by atoms with Gasteiger partial charge in [0.2, 0.25) is 5.95 Å². The zero-order valence-electron chi connectivity index (χ0n) is 16.8. The van der Waals surface area contributed by atoms with E-state index in [-0.39, 0.29) is 11.5 Å². The van der Waals surface area contributed by atoms with Crippen molar-refractivity contribution in [3.63, 3.8) is 0 Å². The highest BCUT2D eigenvalue weighted by molar-refractivity contribution is 5.81. The van der Waals surface area contributed by atoms with Crippen LogP contribution in [0.2, 0.25) is 0 Å². The van der Waals surface area contributed by atoms with Crippen molar-refractivity contribution in [2.75, 3.05) is 24.7 Å². The number of nitrogens with zero attached hydrogens (tertiary/aromatic N) is 2. The third kappa shape index (κ3) is 4.48. The molecule has 0 fully saturated rings. The van der Waals surface area contributed by atoms with E-state index in [0.29, 0.717) is 59.9 Å². The van der Waals surface area contributed by atoms with Gasteiger partial charge in [0.25, 0.3) is 0 Å². The summed E-state index contributed by atoms with van der Waals surface area (Å²) in [6.45, 7) is 4.53. The summed E-state index contributed by atoms with van der Waals surface area (Å²) in [6, 6.07) is 8.10. The Morgan fingerprint density at radius 1 is 1.07 bits per heavy atom. The van der Waals surface area contributed by atoms with Crippen LogP contribution in [0.3, 0.4) is 0 Å². The number of carbonyl (C=O) groups excluding carboxylic acids is 1. The fourth-order valence-corrected chi connectivity index (χ4v) is 3.14. The quantitative estimate of drug-likeness (QED) is 0.545. The zero-order chi connectivity index (χ0) is 21.7. The van der Waals surface area contributed by atoms with Crippen molar-refractivity contribution in [1.82, 2.24) is 9.97 Å². The molecule has 0 radical (unpaired) electrons. The van der Waals surface area contributed by atoms with Crippen LogP contribution in [-0.2, 0) is 6.42 Å². The van der Waals surface area contributed by atoms with Gasteiger partial charge in [-0.05, 0) is 49.2 Å². The maximum atomic E-state index is 14.3. The van der Waals surface area contributed by atoms with Crippen LogP contribution in [0.5, 0.6) is 11.5 Å². The number of aldehydes is 1. The fraction of sp³-hybridized carbons (Fsp3) is 0.227. The number of anilines is 2. The number of halogens is 1. The molecule has 0 bridgehead atoms. The second-order valence-corrected chi connectivity index (χ2v) is 6.50. The summed E-state index contributed by atoms with van der Waals surface area (Å²) in [5.41, 5.74) is 14.3. The van der Waals surface area contributed by atoms with Crippen LogP contribution in [0.1, 0.15) is 35.3 Å². The van der Waals surface area contributed by atoms with Gasteiger partial charge in [0.15, 0.2) is 6.29 Å². The van der Waals surface area contributed by atoms with Gasteiger partial charge in [-0.2, -0.15) is 4.98 Å². The lowest BCUT2D eigenvalue weighted by molar-refractivity contribution is 0.112. The van der Waals surface area contributed by atoms with Gasteiger partial charge in [-0.3, -0.25) is 4.79 Å². The van der Waals surface area contributed by atoms with Crippen molar-refractivity contribution in [1.29, 1.82) is 0 Å². The molecular weight excluding hydrogens is 387 g/mol. The lowest BCUT2D eigenvalue weighted by atomic mass is 9.97. The Kier molecular flexibility index (Phi) is 6.46. The molecule has 1 heterocycles. The lowest BCUT2D eigenvalue weighted by Gasteiger charge is -2.18. The van der Waals surface area contributed by atoms with Gasteiger partial charge in [0, 0.05) is 18.2 Å². The monoisotopic (exact) mass is 410 g/mol. The third-order valence-electron chi connectivity index (χ3n) is 4.45. The predicted molar refractivity (Wildman–Crippen MR) is 113 cm³/mol. The molecule has 0 aliphatic heterocycles. The number of nitrogen functional groups attached to an aromatic ring is 2. The van der Waals surface area contributed by atoms with E-state index in [2.05, 4.69) is 9.97 Å². The molecule has 8 heteroatoms. The number of hydrogen-bond acceptors (Lipinski definition) is 7. The summed E-state index contributed by atoms with van der Waals surface area (Å²) in [6.07, 6.45) is 2.50. The summed E-state index contributed by atoms with van der Waals surface area (Å²) in [7, 11) is 0. The van der Waals surface area contributed by atoms with Crippen LogP contribution in [0.4, 0.5) is 16.2 Å². The smallest absolute Gasteiger partial charge is 0.221 e. The van der Waals surface area contributed by atoms with Crippen LogP contribution in [-0.4, -0.2) is 29.5 Å². The van der Waals surface area contributed by atoms with Gasteiger partial charge in [-0.15, -0.1) is 0 Å². The third-order valence-corrected chi connectivity index (χ3v) is 4.45. The molecule has 2 aromatic carbocycles. The van der Waals surface area contributed by atoms with Crippen molar-refractivity contribution in [3.8, 4) is 22.6 Å². The summed E-state index contributed by atoms with van der Waals surface area (Å²) in [5.74, 6) is 0.868. The SMILES string of the molecule is CCOc1cc(Cc2cnc(N)nc2N)cc(OCC)c1-c1ccc(C=O)c(F)c1. The van der Waals surface area contributed by atoms with Gasteiger partial charge in [-0.1, -0.05) is 6.07 Å². The summed E-state index contributed by atoms with van der Waals surface area (Å²) >= 11 is 0. The first-order chi connectivity index (χ1) is 14.5. The Bertz CT molecular complexity index is 1050. The molecular formula is C22H23FN4O3. The molecule has 30 heavy (non-hydrogen) atoms. The molecule has 156 valence electrons. The Labute approximate surface area is 173 Å². The largest absolute Gasteiger partial charge is 0.493 e. The van der Waals surface area contributed by atoms with Crippen molar-refractivity contribution in [3.05, 3.63) is 59.0 Å². The van der Waals surface area contributed by atoms with Gasteiger partial charge in [-0.25, -0.2) is 9.37 Å². The lowest BCUT2D eigenvalue weighted by Crippen LogP contribution is -2.05. The second kappa shape index (κ2) is 9.21. The molecule has 0 saturated carbocycles. The molecule has 0 amide bonds. The van der Waals surface area contributed by atoms with Crippen LogP contribution in [0.15, 0.2) is 36.5 Å². The van der Waals surface area contributed by atoms with E-state index in [1.54, 1.807) is 12.3 Å². The predicted octanol–water partition coefficient (Wildman–Crippen LogP) is 3.65. The first-order valence-electron chi connectivity index (χ1n) is 9.51. The molecule has 0 aliphatic carbocycles. The van der Waals surface area contributed by atoms with Crippen molar-refractivity contribution in [2.24, 2.45) is 0 Å². The summed E-state index contributed by atoms with van der Waals surface area (Å²) < 4.78 is 26.0. The first kappa shape index (κ1) is 21.0. The topological polar surface area (TPSA) is 113 Å². The van der Waals surface area contributed by atoms with Gasteiger partial charge in [0.1, 0.15) is 23.1 Å². The molecule has 0 spiro atoms. The van der Waals surface area contributed by atoms with Crippen molar-refractivity contribution >= 4 is 18.1 Å². The highest BCUT2D eigenvalue weighted by atomic mass is 19.1. The molecule has 0 unspecified atom stereocenters. The molecule has 3 aromatic rings. The maximum absolute atomic E-state index is 14.3. The number of hydrogen-bond donors (Lipinski definition) is 2. The zero-order valence-corrected chi connectivity index (χ0v) is 16.8. The highest BCUT2D eigenvalue weighted by Gasteiger charge is 2.18. The minimum Gasteiger partial charge on any atom is -0.493 e. The average molecular weight is 410 g/mol. The minimum absolute atomic E-state index is 0.00915. The number of nitrogens with two attached hydrogens (primary N) is 2. The Morgan fingerprint density at radius 3 is 2.27 bits per heavy atom. The van der Waals surface area contributed by atoms with E-state index >= 15 is 0 Å². The molecule has 0 saturated heterocycles. The molecule has 1 aromatic heterocycles. The highest BCUT2D eigenvalue weighted by Crippen LogP contribution is 2.41. The number of ether oxygens (including phenoxy) is 2. The van der Waals surface area contributed by atoms with Crippen molar-refractivity contribution < 1.29 is 18.7 Å². The molecule has 3 rings (SSSR count).